The molecular formula is C16H17ClN2O4S. The van der Waals surface area contributed by atoms with E-state index in [2.05, 4.69) is 10.0 Å². The lowest BCUT2D eigenvalue weighted by Crippen LogP contribution is -2.28. The summed E-state index contributed by atoms with van der Waals surface area (Å²) in [6.07, 6.45) is 1.05. The molecule has 0 saturated heterocycles. The van der Waals surface area contributed by atoms with Crippen LogP contribution in [0, 0.1) is 0 Å². The molecule has 0 spiro atoms. The van der Waals surface area contributed by atoms with Crippen molar-refractivity contribution < 1.29 is 17.9 Å². The lowest BCUT2D eigenvalue weighted by atomic mass is 10.2. The van der Waals surface area contributed by atoms with Gasteiger partial charge in [-0.2, -0.15) is 0 Å². The highest BCUT2D eigenvalue weighted by atomic mass is 35.5. The van der Waals surface area contributed by atoms with Crippen molar-refractivity contribution in [3.8, 4) is 5.75 Å². The summed E-state index contributed by atoms with van der Waals surface area (Å²) in [5.41, 5.74) is 0.692. The number of halogens is 1. The molecule has 6 nitrogen and oxygen atoms in total. The molecule has 1 amide bonds. The van der Waals surface area contributed by atoms with Crippen molar-refractivity contribution >= 4 is 33.2 Å². The molecule has 0 unspecified atom stereocenters. The minimum Gasteiger partial charge on any atom is -0.492 e. The molecule has 2 rings (SSSR count). The second-order valence-electron chi connectivity index (χ2n) is 5.01. The molecule has 0 fully saturated rings. The van der Waals surface area contributed by atoms with E-state index in [0.29, 0.717) is 35.2 Å². The number of benzene rings is 2. The maximum atomic E-state index is 12.1. The van der Waals surface area contributed by atoms with Gasteiger partial charge in [-0.15, -0.1) is 0 Å². The molecule has 24 heavy (non-hydrogen) atoms. The highest BCUT2D eigenvalue weighted by Gasteiger charge is 2.08. The van der Waals surface area contributed by atoms with Crippen LogP contribution in [0.4, 0.5) is 5.69 Å². The fraction of sp³-hybridized carbons (Fsp3) is 0.188. The number of rotatable bonds is 7. The van der Waals surface area contributed by atoms with E-state index in [1.165, 1.54) is 6.07 Å². The number of hydrogen-bond acceptors (Lipinski definition) is 4. The van der Waals surface area contributed by atoms with Crippen LogP contribution in [-0.4, -0.2) is 33.7 Å². The van der Waals surface area contributed by atoms with Crippen molar-refractivity contribution in [1.29, 1.82) is 0 Å². The third-order valence-corrected chi connectivity index (χ3v) is 3.76. The Balaban J connectivity index is 1.84. The topological polar surface area (TPSA) is 84.5 Å². The standard InChI is InChI=1S/C16H17ClN2O4S/c1-24(21,22)19-14-4-2-3-12(11-14)16(20)18-9-10-23-15-7-5-13(17)6-8-15/h2-8,11,19H,9-10H2,1H3,(H,18,20). The van der Waals surface area contributed by atoms with Gasteiger partial charge in [0.25, 0.3) is 5.91 Å². The van der Waals surface area contributed by atoms with Gasteiger partial charge in [-0.05, 0) is 42.5 Å². The van der Waals surface area contributed by atoms with E-state index in [0.717, 1.165) is 6.26 Å². The van der Waals surface area contributed by atoms with E-state index in [-0.39, 0.29) is 5.91 Å². The molecule has 2 N–H and O–H groups in total. The molecule has 0 aliphatic carbocycles. The molecule has 2 aromatic carbocycles. The summed E-state index contributed by atoms with van der Waals surface area (Å²) in [6, 6.07) is 13.2. The molecule has 0 aliphatic heterocycles. The summed E-state index contributed by atoms with van der Waals surface area (Å²) >= 11 is 5.78. The lowest BCUT2D eigenvalue weighted by molar-refractivity contribution is 0.0947. The van der Waals surface area contributed by atoms with Crippen LogP contribution >= 0.6 is 11.6 Å². The fourth-order valence-corrected chi connectivity index (χ4v) is 2.59. The van der Waals surface area contributed by atoms with Crippen LogP contribution < -0.4 is 14.8 Å². The monoisotopic (exact) mass is 368 g/mol. The molecule has 0 heterocycles. The zero-order chi connectivity index (χ0) is 17.6. The third kappa shape index (κ3) is 6.10. The van der Waals surface area contributed by atoms with E-state index in [4.69, 9.17) is 16.3 Å². The van der Waals surface area contributed by atoms with E-state index in [9.17, 15) is 13.2 Å². The van der Waals surface area contributed by atoms with Gasteiger partial charge in [0.05, 0.1) is 12.8 Å². The van der Waals surface area contributed by atoms with Gasteiger partial charge < -0.3 is 10.1 Å². The largest absolute Gasteiger partial charge is 0.492 e. The second kappa shape index (κ2) is 8.03. The molecule has 0 saturated carbocycles. The molecule has 0 radical (unpaired) electrons. The van der Waals surface area contributed by atoms with E-state index < -0.39 is 10.0 Å². The normalized spacial score (nSPS) is 10.9. The Morgan fingerprint density at radius 1 is 1.17 bits per heavy atom. The summed E-state index contributed by atoms with van der Waals surface area (Å²) in [7, 11) is -3.39. The third-order valence-electron chi connectivity index (χ3n) is 2.90. The van der Waals surface area contributed by atoms with Gasteiger partial charge in [-0.1, -0.05) is 17.7 Å². The molecule has 0 aromatic heterocycles. The van der Waals surface area contributed by atoms with Gasteiger partial charge in [0.1, 0.15) is 12.4 Å². The van der Waals surface area contributed by atoms with Crippen molar-refractivity contribution in [2.45, 2.75) is 0 Å². The highest BCUT2D eigenvalue weighted by Crippen LogP contribution is 2.15. The summed E-state index contributed by atoms with van der Waals surface area (Å²) in [4.78, 5) is 12.1. The average molecular weight is 369 g/mol. The number of carbonyl (C=O) groups is 1. The lowest BCUT2D eigenvalue weighted by Gasteiger charge is -2.09. The number of carbonyl (C=O) groups excluding carboxylic acids is 1. The number of nitrogens with one attached hydrogen (secondary N) is 2. The van der Waals surface area contributed by atoms with Gasteiger partial charge >= 0.3 is 0 Å². The quantitative estimate of drug-likeness (QED) is 0.735. The Kier molecular flexibility index (Phi) is 6.05. The second-order valence-corrected chi connectivity index (χ2v) is 7.20. The van der Waals surface area contributed by atoms with Crippen LogP contribution in [0.15, 0.2) is 48.5 Å². The molecule has 0 atom stereocenters. The first kappa shape index (κ1) is 18.1. The minimum absolute atomic E-state index is 0.300. The first-order valence-corrected chi connectivity index (χ1v) is 9.35. The number of sulfonamides is 1. The Hall–Kier alpha value is -2.25. The predicted octanol–water partition coefficient (Wildman–Crippen LogP) is 2.52. The molecule has 2 aromatic rings. The van der Waals surface area contributed by atoms with Gasteiger partial charge in [0.2, 0.25) is 10.0 Å². The van der Waals surface area contributed by atoms with Crippen LogP contribution in [0.2, 0.25) is 5.02 Å². The van der Waals surface area contributed by atoms with Gasteiger partial charge in [-0.25, -0.2) is 8.42 Å². The maximum absolute atomic E-state index is 12.1. The molecular weight excluding hydrogens is 352 g/mol. The molecule has 8 heteroatoms. The minimum atomic E-state index is -3.39. The summed E-state index contributed by atoms with van der Waals surface area (Å²) in [6.45, 7) is 0.611. The van der Waals surface area contributed by atoms with Crippen molar-refractivity contribution in [3.63, 3.8) is 0 Å². The van der Waals surface area contributed by atoms with Gasteiger partial charge in [-0.3, -0.25) is 9.52 Å². The maximum Gasteiger partial charge on any atom is 0.251 e. The van der Waals surface area contributed by atoms with Crippen LogP contribution in [-0.2, 0) is 10.0 Å². The van der Waals surface area contributed by atoms with Crippen molar-refractivity contribution in [2.24, 2.45) is 0 Å². The van der Waals surface area contributed by atoms with E-state index in [1.54, 1.807) is 42.5 Å². The number of anilines is 1. The first-order valence-electron chi connectivity index (χ1n) is 7.08. The number of ether oxygens (including phenoxy) is 1. The Bertz CT molecular complexity index is 807. The van der Waals surface area contributed by atoms with E-state index >= 15 is 0 Å². The Labute approximate surface area is 145 Å². The predicted molar refractivity (Wildman–Crippen MR) is 94.2 cm³/mol. The average Bonchev–Trinajstić information content (AvgIpc) is 2.51. The first-order chi connectivity index (χ1) is 11.3. The Morgan fingerprint density at radius 3 is 2.54 bits per heavy atom. The summed E-state index contributed by atoms with van der Waals surface area (Å²) in [5.74, 6) is 0.347. The van der Waals surface area contributed by atoms with Crippen molar-refractivity contribution in [2.75, 3.05) is 24.1 Å². The van der Waals surface area contributed by atoms with Crippen LogP contribution in [0.1, 0.15) is 10.4 Å². The Morgan fingerprint density at radius 2 is 1.88 bits per heavy atom. The number of amides is 1. The van der Waals surface area contributed by atoms with Gasteiger partial charge in [0, 0.05) is 16.3 Å². The van der Waals surface area contributed by atoms with Crippen LogP contribution in [0.3, 0.4) is 0 Å². The van der Waals surface area contributed by atoms with Gasteiger partial charge in [0.15, 0.2) is 0 Å². The smallest absolute Gasteiger partial charge is 0.251 e. The molecule has 128 valence electrons. The highest BCUT2D eigenvalue weighted by molar-refractivity contribution is 7.92. The molecule has 0 aliphatic rings. The number of hydrogen-bond donors (Lipinski definition) is 2. The SMILES string of the molecule is CS(=O)(=O)Nc1cccc(C(=O)NCCOc2ccc(Cl)cc2)c1. The zero-order valence-electron chi connectivity index (χ0n) is 13.0. The van der Waals surface area contributed by atoms with E-state index in [1.807, 2.05) is 0 Å². The van der Waals surface area contributed by atoms with Crippen molar-refractivity contribution in [1.82, 2.24) is 5.32 Å². The fourth-order valence-electron chi connectivity index (χ4n) is 1.90. The van der Waals surface area contributed by atoms with Crippen LogP contribution in [0.25, 0.3) is 0 Å². The zero-order valence-corrected chi connectivity index (χ0v) is 14.5. The van der Waals surface area contributed by atoms with Crippen molar-refractivity contribution in [3.05, 3.63) is 59.1 Å². The molecule has 0 bridgehead atoms. The summed E-state index contributed by atoms with van der Waals surface area (Å²) in [5, 5.41) is 3.33. The van der Waals surface area contributed by atoms with Crippen LogP contribution in [0.5, 0.6) is 5.75 Å². The summed E-state index contributed by atoms with van der Waals surface area (Å²) < 4.78 is 30.2.